The van der Waals surface area contributed by atoms with Crippen LogP contribution in [0.3, 0.4) is 0 Å². The van der Waals surface area contributed by atoms with E-state index in [9.17, 15) is 4.79 Å². The number of amides is 1. The van der Waals surface area contributed by atoms with Crippen molar-refractivity contribution in [1.82, 2.24) is 30.3 Å². The molecule has 1 fully saturated rings. The lowest BCUT2D eigenvalue weighted by Gasteiger charge is -2.19. The van der Waals surface area contributed by atoms with Crippen LogP contribution < -0.4 is 10.6 Å². The normalized spacial score (nSPS) is 14.3. The largest absolute Gasteiger partial charge is 0.444 e. The molecule has 1 amide bonds. The predicted octanol–water partition coefficient (Wildman–Crippen LogP) is 2.57. The summed E-state index contributed by atoms with van der Waals surface area (Å²) < 4.78 is 10.5. The van der Waals surface area contributed by atoms with Crippen LogP contribution in [-0.2, 0) is 11.3 Å². The fourth-order valence-electron chi connectivity index (χ4n) is 2.42. The Morgan fingerprint density at radius 3 is 2.89 bits per heavy atom. The molecule has 3 N–H and O–H groups in total. The maximum atomic E-state index is 12.0. The molecule has 27 heavy (non-hydrogen) atoms. The lowest BCUT2D eigenvalue weighted by Crippen LogP contribution is -2.27. The van der Waals surface area contributed by atoms with Crippen molar-refractivity contribution in [2.24, 2.45) is 0 Å². The van der Waals surface area contributed by atoms with Crippen molar-refractivity contribution in [3.8, 4) is 0 Å². The Morgan fingerprint density at radius 2 is 2.15 bits per heavy atom. The predicted molar refractivity (Wildman–Crippen MR) is 95.1 cm³/mol. The van der Waals surface area contributed by atoms with E-state index in [0.29, 0.717) is 41.0 Å². The van der Waals surface area contributed by atoms with E-state index in [1.54, 1.807) is 27.0 Å². The van der Waals surface area contributed by atoms with E-state index in [1.807, 2.05) is 0 Å². The van der Waals surface area contributed by atoms with E-state index in [-0.39, 0.29) is 5.95 Å². The summed E-state index contributed by atoms with van der Waals surface area (Å²) in [4.78, 5) is 24.9. The molecule has 3 aromatic heterocycles. The van der Waals surface area contributed by atoms with Crippen molar-refractivity contribution in [3.05, 3.63) is 17.9 Å². The number of carbonyl (C=O) groups excluding carboxylic acids is 1. The van der Waals surface area contributed by atoms with Gasteiger partial charge in [0.05, 0.1) is 12.7 Å². The molecule has 0 spiro atoms. The molecule has 1 saturated carbocycles. The molecular formula is C16H20N8O3. The third-order valence-corrected chi connectivity index (χ3v) is 3.74. The highest BCUT2D eigenvalue weighted by Crippen LogP contribution is 2.38. The van der Waals surface area contributed by atoms with Crippen LogP contribution in [0.2, 0.25) is 0 Å². The Bertz CT molecular complexity index is 970. The molecule has 1 aliphatic carbocycles. The van der Waals surface area contributed by atoms with E-state index in [4.69, 9.17) is 9.26 Å². The standard InChI is InChI=1S/C16H20N8O3/c1-16(2,3)26-15(25)22-14-19-9-6-18-23-11(9)12(21-14)17-7-10-20-13(27-24-10)8-4-5-8/h6,8H,4-5,7H2,1-3H3,(H,18,23)(H2,17,19,21,22,25). The van der Waals surface area contributed by atoms with Crippen LogP contribution >= 0.6 is 0 Å². The van der Waals surface area contributed by atoms with Crippen LogP contribution in [0.25, 0.3) is 11.0 Å². The van der Waals surface area contributed by atoms with Gasteiger partial charge in [0.1, 0.15) is 16.6 Å². The summed E-state index contributed by atoms with van der Waals surface area (Å²) in [7, 11) is 0. The van der Waals surface area contributed by atoms with Gasteiger partial charge >= 0.3 is 6.09 Å². The number of aromatic nitrogens is 6. The molecule has 3 aromatic rings. The third kappa shape index (κ3) is 4.13. The van der Waals surface area contributed by atoms with Gasteiger partial charge in [-0.05, 0) is 33.6 Å². The molecule has 0 bridgehead atoms. The highest BCUT2D eigenvalue weighted by atomic mass is 16.6. The summed E-state index contributed by atoms with van der Waals surface area (Å²) in [5, 5.41) is 16.4. The minimum absolute atomic E-state index is 0.104. The van der Waals surface area contributed by atoms with Gasteiger partial charge in [-0.25, -0.2) is 9.78 Å². The summed E-state index contributed by atoms with van der Waals surface area (Å²) in [6, 6.07) is 0. The van der Waals surface area contributed by atoms with Gasteiger partial charge in [-0.2, -0.15) is 15.1 Å². The molecule has 0 unspecified atom stereocenters. The van der Waals surface area contributed by atoms with E-state index in [0.717, 1.165) is 12.8 Å². The fraction of sp³-hybridized carbons (Fsp3) is 0.500. The van der Waals surface area contributed by atoms with Crippen molar-refractivity contribution in [3.63, 3.8) is 0 Å². The number of fused-ring (bicyclic) bond motifs is 1. The topological polar surface area (TPSA) is 144 Å². The zero-order valence-electron chi connectivity index (χ0n) is 15.2. The molecule has 11 nitrogen and oxygen atoms in total. The van der Waals surface area contributed by atoms with Gasteiger partial charge in [-0.1, -0.05) is 5.16 Å². The Labute approximate surface area is 154 Å². The lowest BCUT2D eigenvalue weighted by molar-refractivity contribution is 0.0634. The Balaban J connectivity index is 1.50. The molecule has 0 atom stereocenters. The molecule has 0 radical (unpaired) electrons. The summed E-state index contributed by atoms with van der Waals surface area (Å²) in [6.07, 6.45) is 3.09. The Hall–Kier alpha value is -3.24. The molecule has 3 heterocycles. The number of aromatic amines is 1. The second-order valence-electron chi connectivity index (χ2n) is 7.33. The van der Waals surface area contributed by atoms with Crippen LogP contribution in [0, 0.1) is 0 Å². The number of ether oxygens (including phenoxy) is 1. The third-order valence-electron chi connectivity index (χ3n) is 3.74. The zero-order chi connectivity index (χ0) is 19.0. The van der Waals surface area contributed by atoms with Crippen LogP contribution in [0.5, 0.6) is 0 Å². The van der Waals surface area contributed by atoms with Gasteiger partial charge in [0, 0.05) is 5.92 Å². The monoisotopic (exact) mass is 372 g/mol. The van der Waals surface area contributed by atoms with Gasteiger partial charge in [-0.15, -0.1) is 0 Å². The molecule has 0 saturated heterocycles. The summed E-state index contributed by atoms with van der Waals surface area (Å²) in [5.41, 5.74) is 0.531. The number of hydrogen-bond acceptors (Lipinski definition) is 9. The van der Waals surface area contributed by atoms with Gasteiger partial charge < -0.3 is 14.6 Å². The second-order valence-corrected chi connectivity index (χ2v) is 7.33. The first-order chi connectivity index (χ1) is 12.9. The van der Waals surface area contributed by atoms with Gasteiger partial charge in [0.25, 0.3) is 0 Å². The fourth-order valence-corrected chi connectivity index (χ4v) is 2.42. The minimum atomic E-state index is -0.636. The number of hydrogen-bond donors (Lipinski definition) is 3. The van der Waals surface area contributed by atoms with Crippen molar-refractivity contribution < 1.29 is 14.1 Å². The van der Waals surface area contributed by atoms with Crippen LogP contribution in [0.15, 0.2) is 10.7 Å². The molecule has 4 rings (SSSR count). The smallest absolute Gasteiger partial charge is 0.414 e. The molecule has 1 aliphatic rings. The number of nitrogens with zero attached hydrogens (tertiary/aromatic N) is 5. The van der Waals surface area contributed by atoms with Crippen LogP contribution in [0.1, 0.15) is 51.2 Å². The van der Waals surface area contributed by atoms with Crippen LogP contribution in [0.4, 0.5) is 16.6 Å². The maximum Gasteiger partial charge on any atom is 0.414 e. The van der Waals surface area contributed by atoms with Crippen molar-refractivity contribution in [2.45, 2.75) is 51.7 Å². The quantitative estimate of drug-likeness (QED) is 0.615. The average molecular weight is 372 g/mol. The maximum absolute atomic E-state index is 12.0. The van der Waals surface area contributed by atoms with Gasteiger partial charge in [-0.3, -0.25) is 10.4 Å². The number of carbonyl (C=O) groups is 1. The number of rotatable bonds is 5. The van der Waals surface area contributed by atoms with Crippen molar-refractivity contribution >= 4 is 28.9 Å². The van der Waals surface area contributed by atoms with E-state index < -0.39 is 11.7 Å². The minimum Gasteiger partial charge on any atom is -0.444 e. The Kier molecular flexibility index (Phi) is 4.13. The first-order valence-electron chi connectivity index (χ1n) is 8.65. The molecule has 11 heteroatoms. The van der Waals surface area contributed by atoms with Crippen LogP contribution in [-0.4, -0.2) is 42.0 Å². The van der Waals surface area contributed by atoms with Gasteiger partial charge in [0.2, 0.25) is 11.8 Å². The summed E-state index contributed by atoms with van der Waals surface area (Å²) >= 11 is 0. The first-order valence-corrected chi connectivity index (χ1v) is 8.65. The first kappa shape index (κ1) is 17.2. The summed E-state index contributed by atoms with van der Waals surface area (Å²) in [5.74, 6) is 2.17. The second kappa shape index (κ2) is 6.49. The van der Waals surface area contributed by atoms with E-state index in [1.165, 1.54) is 0 Å². The highest BCUT2D eigenvalue weighted by molar-refractivity contribution is 5.89. The highest BCUT2D eigenvalue weighted by Gasteiger charge is 2.29. The Morgan fingerprint density at radius 1 is 1.33 bits per heavy atom. The average Bonchev–Trinajstić information content (AvgIpc) is 3.13. The number of nitrogens with one attached hydrogen (secondary N) is 3. The summed E-state index contributed by atoms with van der Waals surface area (Å²) in [6.45, 7) is 5.65. The SMILES string of the molecule is CC(C)(C)OC(=O)Nc1nc(NCc2noc(C3CC3)n2)c2[nH]ncc2n1. The molecule has 0 aliphatic heterocycles. The number of anilines is 2. The van der Waals surface area contributed by atoms with E-state index in [2.05, 4.69) is 40.9 Å². The number of H-pyrrole nitrogens is 1. The zero-order valence-corrected chi connectivity index (χ0v) is 15.2. The molecular weight excluding hydrogens is 352 g/mol. The molecule has 0 aromatic carbocycles. The van der Waals surface area contributed by atoms with Crippen molar-refractivity contribution in [2.75, 3.05) is 10.6 Å². The van der Waals surface area contributed by atoms with Gasteiger partial charge in [0.15, 0.2) is 11.6 Å². The van der Waals surface area contributed by atoms with E-state index >= 15 is 0 Å². The lowest BCUT2D eigenvalue weighted by atomic mass is 10.2. The molecule has 142 valence electrons. The van der Waals surface area contributed by atoms with Crippen molar-refractivity contribution in [1.29, 1.82) is 0 Å².